The van der Waals surface area contributed by atoms with Crippen molar-refractivity contribution in [3.8, 4) is 11.3 Å². The molecule has 0 radical (unpaired) electrons. The van der Waals surface area contributed by atoms with Crippen molar-refractivity contribution in [2.45, 2.75) is 52.3 Å². The largest absolute Gasteiger partial charge is 0.387 e. The molecule has 1 N–H and O–H groups in total. The van der Waals surface area contributed by atoms with Crippen molar-refractivity contribution in [2.24, 2.45) is 5.11 Å². The number of aliphatic hydroxyl groups is 1. The van der Waals surface area contributed by atoms with Gasteiger partial charge in [-0.05, 0) is 61.7 Å². The molecule has 6 nitrogen and oxygen atoms in total. The second kappa shape index (κ2) is 7.95. The lowest BCUT2D eigenvalue weighted by molar-refractivity contribution is 0.195. The first-order chi connectivity index (χ1) is 13.3. The van der Waals surface area contributed by atoms with Crippen LogP contribution < -0.4 is 0 Å². The Labute approximate surface area is 173 Å². The van der Waals surface area contributed by atoms with Gasteiger partial charge in [0.1, 0.15) is 0 Å². The normalized spacial score (nSPS) is 12.8. The smallest absolute Gasteiger partial charge is 0.0938 e. The third-order valence-corrected chi connectivity index (χ3v) is 5.35. The number of benzene rings is 1. The van der Waals surface area contributed by atoms with Gasteiger partial charge >= 0.3 is 0 Å². The van der Waals surface area contributed by atoms with E-state index in [-0.39, 0.29) is 0 Å². The number of hydrogen-bond acceptors (Lipinski definition) is 3. The number of azide groups is 1. The molecule has 0 aliphatic rings. The minimum atomic E-state index is -0.691. The van der Waals surface area contributed by atoms with Crippen molar-refractivity contribution < 1.29 is 5.11 Å². The minimum absolute atomic E-state index is 0.570. The number of rotatable bonds is 6. The lowest BCUT2D eigenvalue weighted by Gasteiger charge is -2.20. The molecule has 0 aliphatic heterocycles. The Morgan fingerprint density at radius 1 is 1.36 bits per heavy atom. The van der Waals surface area contributed by atoms with E-state index in [0.29, 0.717) is 12.1 Å². The van der Waals surface area contributed by atoms with Gasteiger partial charge in [-0.3, -0.25) is 4.98 Å². The van der Waals surface area contributed by atoms with Crippen LogP contribution in [-0.2, 0) is 13.0 Å². The Morgan fingerprint density at radius 3 is 2.75 bits per heavy atom. The second-order valence-electron chi connectivity index (χ2n) is 7.52. The fourth-order valence-corrected chi connectivity index (χ4v) is 4.11. The summed E-state index contributed by atoms with van der Waals surface area (Å²) in [5.74, 6) is 0. The quantitative estimate of drug-likeness (QED) is 0.281. The molecule has 0 fully saturated rings. The maximum absolute atomic E-state index is 10.3. The van der Waals surface area contributed by atoms with Crippen molar-refractivity contribution >= 4 is 26.8 Å². The van der Waals surface area contributed by atoms with Crippen LogP contribution in [0.5, 0.6) is 0 Å². The summed E-state index contributed by atoms with van der Waals surface area (Å²) in [7, 11) is 0. The van der Waals surface area contributed by atoms with Crippen LogP contribution in [0.2, 0.25) is 0 Å². The van der Waals surface area contributed by atoms with Gasteiger partial charge in [-0.2, -0.15) is 0 Å². The molecule has 3 rings (SSSR count). The first-order valence-electron chi connectivity index (χ1n) is 9.29. The SMILES string of the molecule is CCn1c(-c2cccnc2[C@H](C)O)c(CC(C)(C)N=[N+]=[N-])c2cc(Br)ccc21. The lowest BCUT2D eigenvalue weighted by Crippen LogP contribution is -2.20. The fraction of sp³-hybridized carbons (Fsp3) is 0.381. The van der Waals surface area contributed by atoms with Gasteiger partial charge in [0.05, 0.1) is 17.5 Å². The first-order valence-corrected chi connectivity index (χ1v) is 10.1. The Balaban J connectivity index is 2.41. The molecule has 3 aromatic rings. The minimum Gasteiger partial charge on any atom is -0.387 e. The molecule has 1 aromatic carbocycles. The van der Waals surface area contributed by atoms with E-state index in [1.165, 1.54) is 0 Å². The molecular formula is C21H24BrN5O. The van der Waals surface area contributed by atoms with Crippen LogP contribution in [0.3, 0.4) is 0 Å². The number of aliphatic hydroxyl groups excluding tert-OH is 1. The Bertz CT molecular complexity index is 1060. The van der Waals surface area contributed by atoms with Crippen molar-refractivity contribution in [3.63, 3.8) is 0 Å². The van der Waals surface area contributed by atoms with Crippen molar-refractivity contribution in [1.82, 2.24) is 9.55 Å². The molecule has 0 unspecified atom stereocenters. The summed E-state index contributed by atoms with van der Waals surface area (Å²) in [6.45, 7) is 8.46. The summed E-state index contributed by atoms with van der Waals surface area (Å²) in [6.07, 6.45) is 1.58. The van der Waals surface area contributed by atoms with E-state index in [2.05, 4.69) is 54.6 Å². The van der Waals surface area contributed by atoms with Crippen LogP contribution in [0.4, 0.5) is 0 Å². The van der Waals surface area contributed by atoms with E-state index in [1.807, 2.05) is 32.0 Å². The zero-order valence-electron chi connectivity index (χ0n) is 16.5. The van der Waals surface area contributed by atoms with Gasteiger partial charge in [-0.1, -0.05) is 34.9 Å². The second-order valence-corrected chi connectivity index (χ2v) is 8.44. The predicted octanol–water partition coefficient (Wildman–Crippen LogP) is 6.17. The average molecular weight is 442 g/mol. The molecule has 0 saturated carbocycles. The molecule has 0 bridgehead atoms. The van der Waals surface area contributed by atoms with Crippen LogP contribution >= 0.6 is 15.9 Å². The number of hydrogen-bond donors (Lipinski definition) is 1. The van der Waals surface area contributed by atoms with E-state index >= 15 is 0 Å². The van der Waals surface area contributed by atoms with Crippen LogP contribution in [0.1, 0.15) is 45.1 Å². The summed E-state index contributed by atoms with van der Waals surface area (Å²) in [5.41, 5.74) is 13.2. The summed E-state index contributed by atoms with van der Waals surface area (Å²) < 4.78 is 3.23. The summed E-state index contributed by atoms with van der Waals surface area (Å²) in [6, 6.07) is 10.1. The molecule has 1 atom stereocenters. The number of fused-ring (bicyclic) bond motifs is 1. The number of pyridine rings is 1. The van der Waals surface area contributed by atoms with Crippen molar-refractivity contribution in [2.75, 3.05) is 0 Å². The van der Waals surface area contributed by atoms with Crippen LogP contribution in [0, 0.1) is 0 Å². The van der Waals surface area contributed by atoms with Gasteiger partial charge in [0.25, 0.3) is 0 Å². The summed E-state index contributed by atoms with van der Waals surface area (Å²) >= 11 is 3.58. The Morgan fingerprint density at radius 2 is 2.11 bits per heavy atom. The van der Waals surface area contributed by atoms with Crippen LogP contribution in [0.25, 0.3) is 32.6 Å². The molecule has 0 aliphatic carbocycles. The highest BCUT2D eigenvalue weighted by atomic mass is 79.9. The van der Waals surface area contributed by atoms with Gasteiger partial charge in [0.15, 0.2) is 0 Å². The highest BCUT2D eigenvalue weighted by Gasteiger charge is 2.26. The van der Waals surface area contributed by atoms with Gasteiger partial charge < -0.3 is 9.67 Å². The summed E-state index contributed by atoms with van der Waals surface area (Å²) in [4.78, 5) is 7.47. The molecule has 28 heavy (non-hydrogen) atoms. The molecule has 146 valence electrons. The highest BCUT2D eigenvalue weighted by molar-refractivity contribution is 9.10. The molecule has 0 spiro atoms. The lowest BCUT2D eigenvalue weighted by atomic mass is 9.91. The molecule has 2 heterocycles. The topological polar surface area (TPSA) is 86.8 Å². The monoisotopic (exact) mass is 441 g/mol. The maximum atomic E-state index is 10.3. The van der Waals surface area contributed by atoms with Gasteiger partial charge in [0.2, 0.25) is 0 Å². The molecular weight excluding hydrogens is 418 g/mol. The van der Waals surface area contributed by atoms with E-state index in [4.69, 9.17) is 5.53 Å². The number of aromatic nitrogens is 2. The molecule has 0 saturated heterocycles. The van der Waals surface area contributed by atoms with Gasteiger partial charge in [-0.25, -0.2) is 0 Å². The Kier molecular flexibility index (Phi) is 5.79. The fourth-order valence-electron chi connectivity index (χ4n) is 3.75. The van der Waals surface area contributed by atoms with Crippen LogP contribution in [0.15, 0.2) is 46.1 Å². The maximum Gasteiger partial charge on any atom is 0.0938 e. The number of halogens is 1. The summed E-state index contributed by atoms with van der Waals surface area (Å²) in [5, 5.41) is 15.4. The van der Waals surface area contributed by atoms with Crippen molar-refractivity contribution in [1.29, 1.82) is 0 Å². The van der Waals surface area contributed by atoms with Crippen molar-refractivity contribution in [3.05, 3.63) is 62.7 Å². The predicted molar refractivity (Wildman–Crippen MR) is 116 cm³/mol. The van der Waals surface area contributed by atoms with E-state index in [1.54, 1.807) is 13.1 Å². The molecule has 7 heteroatoms. The zero-order valence-corrected chi connectivity index (χ0v) is 18.1. The zero-order chi connectivity index (χ0) is 20.5. The molecule has 2 aromatic heterocycles. The third kappa shape index (κ3) is 3.78. The van der Waals surface area contributed by atoms with Gasteiger partial charge in [-0.15, -0.1) is 0 Å². The van der Waals surface area contributed by atoms with Crippen LogP contribution in [-0.4, -0.2) is 20.2 Å². The van der Waals surface area contributed by atoms with Gasteiger partial charge in [0, 0.05) is 44.1 Å². The van der Waals surface area contributed by atoms with E-state index < -0.39 is 11.6 Å². The number of nitrogens with zero attached hydrogens (tertiary/aromatic N) is 5. The van der Waals surface area contributed by atoms with E-state index in [9.17, 15) is 5.11 Å². The highest BCUT2D eigenvalue weighted by Crippen LogP contribution is 2.39. The van der Waals surface area contributed by atoms with E-state index in [0.717, 1.165) is 38.7 Å². The molecule has 0 amide bonds. The number of aryl methyl sites for hydroxylation is 1. The standard InChI is InChI=1S/C21H24BrN5O/c1-5-27-18-9-8-14(22)11-16(18)17(12-21(3,4)25-26-23)20(27)15-7-6-10-24-19(15)13(2)28/h6-11,13,28H,5,12H2,1-4H3/t13-/m0/s1. The third-order valence-electron chi connectivity index (χ3n) is 4.86. The Hall–Kier alpha value is -2.34. The average Bonchev–Trinajstić information content (AvgIpc) is 2.93. The first kappa shape index (κ1) is 20.4.